The van der Waals surface area contributed by atoms with Gasteiger partial charge in [-0.1, -0.05) is 0 Å². The molecule has 1 heterocycles. The van der Waals surface area contributed by atoms with E-state index in [1.54, 1.807) is 0 Å². The maximum Gasteiger partial charge on any atom is 0.240 e. The summed E-state index contributed by atoms with van der Waals surface area (Å²) in [5.41, 5.74) is 4.99. The lowest BCUT2D eigenvalue weighted by atomic mass is 10.2. The van der Waals surface area contributed by atoms with Gasteiger partial charge in [-0.2, -0.15) is 12.6 Å². The Hall–Kier alpha value is -0.710. The normalized spacial score (nSPS) is 31.9. The number of carbonyl (C=O) groups is 1. The van der Waals surface area contributed by atoms with E-state index in [1.807, 2.05) is 0 Å². The number of thiol groups is 1. The zero-order valence-corrected chi connectivity index (χ0v) is 6.19. The highest BCUT2D eigenvalue weighted by Gasteiger charge is 2.29. The third-order valence-corrected chi connectivity index (χ3v) is 1.93. The predicted octanol–water partition coefficient (Wildman–Crippen LogP) is -0.891. The zero-order valence-electron chi connectivity index (χ0n) is 5.29. The van der Waals surface area contributed by atoms with Crippen molar-refractivity contribution in [2.24, 2.45) is 5.73 Å². The van der Waals surface area contributed by atoms with Gasteiger partial charge in [-0.25, -0.2) is 0 Å². The Morgan fingerprint density at radius 2 is 2.50 bits per heavy atom. The second-order valence-electron chi connectivity index (χ2n) is 2.26. The minimum absolute atomic E-state index is 0.155. The summed E-state index contributed by atoms with van der Waals surface area (Å²) in [6.07, 6.45) is 0.525. The van der Waals surface area contributed by atoms with Crippen LogP contribution >= 0.6 is 12.6 Å². The third-order valence-electron chi connectivity index (χ3n) is 1.47. The van der Waals surface area contributed by atoms with Crippen LogP contribution in [0.25, 0.3) is 0 Å². The third kappa shape index (κ3) is 1.23. The SMILES string of the molecule is N=C1N[C@H](C(N)=O)CC1S. The van der Waals surface area contributed by atoms with Crippen molar-refractivity contribution in [3.63, 3.8) is 0 Å². The number of hydrogen-bond donors (Lipinski definition) is 4. The van der Waals surface area contributed by atoms with Gasteiger partial charge in [0.1, 0.15) is 11.9 Å². The molecule has 0 aromatic carbocycles. The van der Waals surface area contributed by atoms with Gasteiger partial charge < -0.3 is 11.1 Å². The van der Waals surface area contributed by atoms with E-state index in [1.165, 1.54) is 0 Å². The second-order valence-corrected chi connectivity index (χ2v) is 2.89. The van der Waals surface area contributed by atoms with E-state index in [0.717, 1.165) is 0 Å². The Balaban J connectivity index is 2.57. The van der Waals surface area contributed by atoms with E-state index < -0.39 is 11.9 Å². The van der Waals surface area contributed by atoms with Crippen molar-refractivity contribution < 1.29 is 4.79 Å². The summed E-state index contributed by atoms with van der Waals surface area (Å²) in [5.74, 6) is -0.131. The van der Waals surface area contributed by atoms with Crippen LogP contribution in [0.15, 0.2) is 0 Å². The fraction of sp³-hybridized carbons (Fsp3) is 0.600. The van der Waals surface area contributed by atoms with Crippen LogP contribution in [0.1, 0.15) is 6.42 Å². The summed E-state index contributed by atoms with van der Waals surface area (Å²) in [6, 6.07) is -0.394. The second kappa shape index (κ2) is 2.49. The molecule has 4 nitrogen and oxygen atoms in total. The lowest BCUT2D eigenvalue weighted by molar-refractivity contribution is -0.119. The molecule has 1 rings (SSSR count). The molecule has 1 amide bonds. The smallest absolute Gasteiger partial charge is 0.240 e. The van der Waals surface area contributed by atoms with Crippen molar-refractivity contribution in [1.82, 2.24) is 5.32 Å². The Morgan fingerprint density at radius 3 is 2.70 bits per heavy atom. The summed E-state index contributed by atoms with van der Waals surface area (Å²) in [6.45, 7) is 0. The molecule has 1 fully saturated rings. The van der Waals surface area contributed by atoms with Crippen molar-refractivity contribution in [2.75, 3.05) is 0 Å². The molecule has 4 N–H and O–H groups in total. The summed E-state index contributed by atoms with van der Waals surface area (Å²) >= 11 is 4.05. The Morgan fingerprint density at radius 1 is 1.90 bits per heavy atom. The minimum Gasteiger partial charge on any atom is -0.368 e. The van der Waals surface area contributed by atoms with Crippen molar-refractivity contribution >= 4 is 24.4 Å². The molecule has 0 aromatic rings. The highest BCUT2D eigenvalue weighted by Crippen LogP contribution is 2.12. The van der Waals surface area contributed by atoms with Crippen molar-refractivity contribution in [2.45, 2.75) is 17.7 Å². The number of nitrogens with two attached hydrogens (primary N) is 1. The van der Waals surface area contributed by atoms with Crippen molar-refractivity contribution in [3.05, 3.63) is 0 Å². The molecule has 5 heteroatoms. The van der Waals surface area contributed by atoms with Gasteiger partial charge in [0, 0.05) is 0 Å². The molecular formula is C5H9N3OS. The first-order chi connectivity index (χ1) is 4.61. The van der Waals surface area contributed by atoms with Gasteiger partial charge in [0.25, 0.3) is 0 Å². The Kier molecular flexibility index (Phi) is 1.85. The maximum atomic E-state index is 10.5. The first-order valence-corrected chi connectivity index (χ1v) is 3.45. The van der Waals surface area contributed by atoms with Gasteiger partial charge in [0.2, 0.25) is 5.91 Å². The largest absolute Gasteiger partial charge is 0.368 e. The van der Waals surface area contributed by atoms with Crippen LogP contribution in [0.4, 0.5) is 0 Å². The molecule has 0 spiro atoms. The zero-order chi connectivity index (χ0) is 7.72. The summed E-state index contributed by atoms with van der Waals surface area (Å²) in [5, 5.41) is 9.66. The van der Waals surface area contributed by atoms with E-state index in [4.69, 9.17) is 11.1 Å². The predicted molar refractivity (Wildman–Crippen MR) is 41.2 cm³/mol. The molecule has 0 aromatic heterocycles. The molecule has 0 radical (unpaired) electrons. The van der Waals surface area contributed by atoms with Crippen LogP contribution < -0.4 is 11.1 Å². The molecule has 1 aliphatic rings. The van der Waals surface area contributed by atoms with Gasteiger partial charge in [-0.15, -0.1) is 0 Å². The topological polar surface area (TPSA) is 79.0 Å². The fourth-order valence-electron chi connectivity index (χ4n) is 0.871. The lowest BCUT2D eigenvalue weighted by Gasteiger charge is -2.02. The number of hydrogen-bond acceptors (Lipinski definition) is 3. The standard InChI is InChI=1S/C5H9N3OS/c6-4-3(10)1-2(8-4)5(7)9/h2-3,10H,1H2,(H2,6,8)(H2,7,9)/t2-,3?/m0/s1. The summed E-state index contributed by atoms with van der Waals surface area (Å²) in [7, 11) is 0. The number of primary amides is 1. The Labute approximate surface area is 64.1 Å². The molecule has 1 saturated heterocycles. The number of carbonyl (C=O) groups excluding carboxylic acids is 1. The first kappa shape index (κ1) is 7.40. The average Bonchev–Trinajstić information content (AvgIpc) is 2.13. The van der Waals surface area contributed by atoms with E-state index in [0.29, 0.717) is 6.42 Å². The van der Waals surface area contributed by atoms with E-state index >= 15 is 0 Å². The quantitative estimate of drug-likeness (QED) is 0.374. The fourth-order valence-corrected chi connectivity index (χ4v) is 1.16. The molecule has 0 bridgehead atoms. The maximum absolute atomic E-state index is 10.5. The molecule has 1 unspecified atom stereocenters. The summed E-state index contributed by atoms with van der Waals surface area (Å²) < 4.78 is 0. The highest BCUT2D eigenvalue weighted by atomic mass is 32.1. The van der Waals surface area contributed by atoms with Gasteiger partial charge in [-0.3, -0.25) is 10.2 Å². The van der Waals surface area contributed by atoms with Crippen LogP contribution in [0.3, 0.4) is 0 Å². The van der Waals surface area contributed by atoms with Gasteiger partial charge in [0.15, 0.2) is 0 Å². The number of amides is 1. The molecule has 2 atom stereocenters. The van der Waals surface area contributed by atoms with Gasteiger partial charge in [-0.05, 0) is 6.42 Å². The molecule has 0 saturated carbocycles. The van der Waals surface area contributed by atoms with E-state index in [-0.39, 0.29) is 11.1 Å². The highest BCUT2D eigenvalue weighted by molar-refractivity contribution is 7.81. The van der Waals surface area contributed by atoms with E-state index in [2.05, 4.69) is 17.9 Å². The van der Waals surface area contributed by atoms with Crippen molar-refractivity contribution in [3.8, 4) is 0 Å². The van der Waals surface area contributed by atoms with Gasteiger partial charge in [0.05, 0.1) is 5.25 Å². The Bertz CT molecular complexity index is 182. The average molecular weight is 159 g/mol. The first-order valence-electron chi connectivity index (χ1n) is 2.93. The summed E-state index contributed by atoms with van der Waals surface area (Å²) in [4.78, 5) is 10.5. The van der Waals surface area contributed by atoms with Crippen LogP contribution in [-0.4, -0.2) is 23.0 Å². The van der Waals surface area contributed by atoms with Crippen LogP contribution in [0.5, 0.6) is 0 Å². The monoisotopic (exact) mass is 159 g/mol. The van der Waals surface area contributed by atoms with Crippen molar-refractivity contribution in [1.29, 1.82) is 5.41 Å². The molecule has 10 heavy (non-hydrogen) atoms. The van der Waals surface area contributed by atoms with Gasteiger partial charge >= 0.3 is 0 Å². The minimum atomic E-state index is -0.415. The number of nitrogens with one attached hydrogen (secondary N) is 2. The van der Waals surface area contributed by atoms with Crippen LogP contribution in [0, 0.1) is 5.41 Å². The van der Waals surface area contributed by atoms with E-state index in [9.17, 15) is 4.79 Å². The molecule has 56 valence electrons. The van der Waals surface area contributed by atoms with Crippen LogP contribution in [-0.2, 0) is 4.79 Å². The lowest BCUT2D eigenvalue weighted by Crippen LogP contribution is -2.37. The molecule has 1 aliphatic heterocycles. The number of rotatable bonds is 1. The number of amidine groups is 1. The molecular weight excluding hydrogens is 150 g/mol. The molecule has 0 aliphatic carbocycles. The van der Waals surface area contributed by atoms with Crippen LogP contribution in [0.2, 0.25) is 0 Å².